The second-order valence-corrected chi connectivity index (χ2v) is 2.93. The van der Waals surface area contributed by atoms with Gasteiger partial charge in [-0.3, -0.25) is 4.79 Å². The summed E-state index contributed by atoms with van der Waals surface area (Å²) in [6.07, 6.45) is -5.03. The van der Waals surface area contributed by atoms with Crippen molar-refractivity contribution < 1.29 is 22.4 Å². The second kappa shape index (κ2) is 4.06. The van der Waals surface area contributed by atoms with Gasteiger partial charge in [-0.2, -0.15) is 13.2 Å². The van der Waals surface area contributed by atoms with Crippen LogP contribution in [0.15, 0.2) is 18.2 Å². The van der Waals surface area contributed by atoms with Crippen LogP contribution in [0, 0.1) is 5.82 Å². The van der Waals surface area contributed by atoms with Gasteiger partial charge >= 0.3 is 12.1 Å². The quantitative estimate of drug-likeness (QED) is 0.753. The van der Waals surface area contributed by atoms with E-state index in [1.54, 1.807) is 0 Å². The molecule has 0 unspecified atom stereocenters. The maximum atomic E-state index is 12.8. The number of alkyl halides is 3. The highest BCUT2D eigenvalue weighted by Crippen LogP contribution is 2.26. The van der Waals surface area contributed by atoms with E-state index < -0.39 is 28.6 Å². The highest BCUT2D eigenvalue weighted by Gasteiger charge is 2.39. The van der Waals surface area contributed by atoms with Crippen LogP contribution in [-0.2, 0) is 4.79 Å². The molecule has 0 atom stereocenters. The molecular formula is C8H4ClF4NO. The number of carbonyl (C=O) groups excluding carboxylic acids is 1. The monoisotopic (exact) mass is 241 g/mol. The third kappa shape index (κ3) is 2.82. The number of halogens is 5. The first-order valence-corrected chi connectivity index (χ1v) is 4.02. The summed E-state index contributed by atoms with van der Waals surface area (Å²) in [6.45, 7) is 0. The van der Waals surface area contributed by atoms with E-state index in [1.165, 1.54) is 5.32 Å². The van der Waals surface area contributed by atoms with Gasteiger partial charge in [0.05, 0.1) is 10.7 Å². The van der Waals surface area contributed by atoms with Gasteiger partial charge in [0.1, 0.15) is 5.82 Å². The average Bonchev–Trinajstić information content (AvgIpc) is 2.11. The summed E-state index contributed by atoms with van der Waals surface area (Å²) in [7, 11) is 0. The Labute approximate surface area is 86.8 Å². The van der Waals surface area contributed by atoms with Gasteiger partial charge in [0.2, 0.25) is 0 Å². The number of hydrogen-bond donors (Lipinski definition) is 1. The van der Waals surface area contributed by atoms with Crippen LogP contribution in [0.25, 0.3) is 0 Å². The lowest BCUT2D eigenvalue weighted by molar-refractivity contribution is -0.167. The molecule has 0 heterocycles. The molecule has 1 amide bonds. The van der Waals surface area contributed by atoms with Crippen LogP contribution in [0.2, 0.25) is 5.02 Å². The van der Waals surface area contributed by atoms with E-state index in [4.69, 9.17) is 11.6 Å². The largest absolute Gasteiger partial charge is 0.471 e. The summed E-state index contributed by atoms with van der Waals surface area (Å²) < 4.78 is 48.2. The topological polar surface area (TPSA) is 29.1 Å². The van der Waals surface area contributed by atoms with E-state index in [2.05, 4.69) is 0 Å². The van der Waals surface area contributed by atoms with E-state index in [-0.39, 0.29) is 0 Å². The molecule has 1 rings (SSSR count). The van der Waals surface area contributed by atoms with Crippen molar-refractivity contribution in [3.8, 4) is 0 Å². The Bertz CT molecular complexity index is 391. The standard InChI is InChI=1S/C8H4ClF4NO/c9-6-4(10)2-1-3-5(6)14-7(15)8(11,12)13/h1-3H,(H,14,15). The predicted octanol–water partition coefficient (Wildman–Crippen LogP) is 2.98. The molecule has 15 heavy (non-hydrogen) atoms. The normalized spacial score (nSPS) is 11.3. The molecular weight excluding hydrogens is 238 g/mol. The van der Waals surface area contributed by atoms with Crippen molar-refractivity contribution in [2.24, 2.45) is 0 Å². The molecule has 0 radical (unpaired) electrons. The van der Waals surface area contributed by atoms with Crippen molar-refractivity contribution in [2.75, 3.05) is 5.32 Å². The van der Waals surface area contributed by atoms with Gasteiger partial charge < -0.3 is 5.32 Å². The van der Waals surface area contributed by atoms with Crippen molar-refractivity contribution in [2.45, 2.75) is 6.18 Å². The number of amides is 1. The van der Waals surface area contributed by atoms with Gasteiger partial charge in [-0.25, -0.2) is 4.39 Å². The molecule has 2 nitrogen and oxygen atoms in total. The molecule has 0 saturated heterocycles. The van der Waals surface area contributed by atoms with Crippen molar-refractivity contribution in [3.05, 3.63) is 29.0 Å². The lowest BCUT2D eigenvalue weighted by atomic mass is 10.3. The zero-order valence-electron chi connectivity index (χ0n) is 7.03. The van der Waals surface area contributed by atoms with Crippen LogP contribution >= 0.6 is 11.6 Å². The van der Waals surface area contributed by atoms with Gasteiger partial charge in [0.15, 0.2) is 0 Å². The molecule has 0 fully saturated rings. The minimum Gasteiger partial charge on any atom is -0.317 e. The smallest absolute Gasteiger partial charge is 0.317 e. The van der Waals surface area contributed by atoms with Crippen LogP contribution in [0.1, 0.15) is 0 Å². The summed E-state index contributed by atoms with van der Waals surface area (Å²) in [5, 5.41) is 0.895. The summed E-state index contributed by atoms with van der Waals surface area (Å²) in [6, 6.07) is 3.16. The van der Waals surface area contributed by atoms with Gasteiger partial charge in [-0.15, -0.1) is 0 Å². The Hall–Kier alpha value is -1.30. The summed E-state index contributed by atoms with van der Waals surface area (Å²) in [4.78, 5) is 10.5. The van der Waals surface area contributed by atoms with Gasteiger partial charge in [0, 0.05) is 0 Å². The Kier molecular flexibility index (Phi) is 3.18. The molecule has 0 aliphatic carbocycles. The van der Waals surface area contributed by atoms with Crippen LogP contribution in [0.3, 0.4) is 0 Å². The minimum absolute atomic E-state index is 0.418. The molecule has 0 aromatic heterocycles. The van der Waals surface area contributed by atoms with Crippen molar-refractivity contribution >= 4 is 23.2 Å². The van der Waals surface area contributed by atoms with E-state index in [1.807, 2.05) is 0 Å². The van der Waals surface area contributed by atoms with Crippen molar-refractivity contribution in [1.29, 1.82) is 0 Å². The van der Waals surface area contributed by atoms with Crippen LogP contribution in [-0.4, -0.2) is 12.1 Å². The number of nitrogens with one attached hydrogen (secondary N) is 1. The lowest BCUT2D eigenvalue weighted by Crippen LogP contribution is -2.30. The summed E-state index contributed by atoms with van der Waals surface area (Å²) in [5.41, 5.74) is -0.418. The van der Waals surface area contributed by atoms with E-state index in [0.717, 1.165) is 18.2 Å². The first-order valence-electron chi connectivity index (χ1n) is 3.64. The first-order chi connectivity index (χ1) is 6.82. The Morgan fingerprint density at radius 3 is 2.47 bits per heavy atom. The molecule has 1 aromatic carbocycles. The summed E-state index contributed by atoms with van der Waals surface area (Å²) in [5.74, 6) is -3.10. The molecule has 0 spiro atoms. The van der Waals surface area contributed by atoms with Crippen LogP contribution in [0.5, 0.6) is 0 Å². The van der Waals surface area contributed by atoms with Gasteiger partial charge in [-0.1, -0.05) is 17.7 Å². The molecule has 1 aromatic rings. The summed E-state index contributed by atoms with van der Waals surface area (Å²) >= 11 is 5.33. The molecule has 1 N–H and O–H groups in total. The predicted molar refractivity (Wildman–Crippen MR) is 46.1 cm³/mol. The van der Waals surface area contributed by atoms with E-state index in [0.29, 0.717) is 0 Å². The highest BCUT2D eigenvalue weighted by atomic mass is 35.5. The zero-order chi connectivity index (χ0) is 11.6. The number of benzene rings is 1. The number of hydrogen-bond acceptors (Lipinski definition) is 1. The Morgan fingerprint density at radius 2 is 1.93 bits per heavy atom. The number of rotatable bonds is 1. The van der Waals surface area contributed by atoms with E-state index in [9.17, 15) is 22.4 Å². The zero-order valence-corrected chi connectivity index (χ0v) is 7.79. The number of anilines is 1. The van der Waals surface area contributed by atoms with Crippen LogP contribution < -0.4 is 5.32 Å². The fraction of sp³-hybridized carbons (Fsp3) is 0.125. The Balaban J connectivity index is 2.91. The first kappa shape index (κ1) is 11.8. The van der Waals surface area contributed by atoms with Gasteiger partial charge in [-0.05, 0) is 12.1 Å². The fourth-order valence-electron chi connectivity index (χ4n) is 0.794. The van der Waals surface area contributed by atoms with Crippen molar-refractivity contribution in [3.63, 3.8) is 0 Å². The molecule has 0 aliphatic rings. The minimum atomic E-state index is -5.03. The highest BCUT2D eigenvalue weighted by molar-refractivity contribution is 6.33. The average molecular weight is 242 g/mol. The van der Waals surface area contributed by atoms with Crippen LogP contribution in [0.4, 0.5) is 23.2 Å². The fourth-order valence-corrected chi connectivity index (χ4v) is 0.967. The van der Waals surface area contributed by atoms with Gasteiger partial charge in [0.25, 0.3) is 0 Å². The van der Waals surface area contributed by atoms with Crippen molar-refractivity contribution in [1.82, 2.24) is 0 Å². The Morgan fingerprint density at radius 1 is 1.33 bits per heavy atom. The maximum absolute atomic E-state index is 12.8. The second-order valence-electron chi connectivity index (χ2n) is 2.55. The SMILES string of the molecule is O=C(Nc1cccc(F)c1Cl)C(F)(F)F. The van der Waals surface area contributed by atoms with E-state index >= 15 is 0 Å². The number of carbonyl (C=O) groups is 1. The molecule has 0 bridgehead atoms. The molecule has 0 aliphatic heterocycles. The third-order valence-corrected chi connectivity index (χ3v) is 1.84. The maximum Gasteiger partial charge on any atom is 0.471 e. The molecule has 0 saturated carbocycles. The molecule has 7 heteroatoms. The lowest BCUT2D eigenvalue weighted by Gasteiger charge is -2.09. The molecule has 82 valence electrons. The third-order valence-electron chi connectivity index (χ3n) is 1.46.